The molecule has 1 N–H and O–H groups in total. The third-order valence-corrected chi connectivity index (χ3v) is 3.02. The smallest absolute Gasteiger partial charge is 0.163 e. The third kappa shape index (κ3) is 3.29. The first-order valence-electron chi connectivity index (χ1n) is 6.53. The zero-order valence-electron chi connectivity index (χ0n) is 12.5. The minimum atomic E-state index is -0.277. The molecule has 0 saturated carbocycles. The largest absolute Gasteiger partial charge is 0.494 e. The van der Waals surface area contributed by atoms with E-state index in [1.807, 2.05) is 23.8 Å². The van der Waals surface area contributed by atoms with Crippen LogP contribution in [-0.4, -0.2) is 16.7 Å². The minimum Gasteiger partial charge on any atom is -0.494 e. The average Bonchev–Trinajstić information content (AvgIpc) is 3.00. The number of hydrogen-bond donors (Lipinski definition) is 1. The fourth-order valence-corrected chi connectivity index (χ4v) is 1.95. The van der Waals surface area contributed by atoms with E-state index in [2.05, 4.69) is 10.3 Å². The predicted molar refractivity (Wildman–Crippen MR) is 82.3 cm³/mol. The van der Waals surface area contributed by atoms with Gasteiger partial charge in [-0.15, -0.1) is 0 Å². The van der Waals surface area contributed by atoms with Crippen LogP contribution >= 0.6 is 0 Å². The van der Waals surface area contributed by atoms with E-state index >= 15 is 0 Å². The van der Waals surface area contributed by atoms with Gasteiger partial charge < -0.3 is 14.6 Å². The second-order valence-corrected chi connectivity index (χ2v) is 4.52. The number of benzene rings is 1. The molecule has 7 heteroatoms. The van der Waals surface area contributed by atoms with Gasteiger partial charge in [0, 0.05) is 18.0 Å². The van der Waals surface area contributed by atoms with E-state index in [1.54, 1.807) is 36.7 Å². The molecule has 112 valence electrons. The molecule has 0 atom stereocenters. The van der Waals surface area contributed by atoms with E-state index in [9.17, 15) is 0 Å². The maximum absolute atomic E-state index is 9.07. The second-order valence-electron chi connectivity index (χ2n) is 4.52. The average molecular weight is 304 g/mol. The summed E-state index contributed by atoms with van der Waals surface area (Å²) in [6, 6.07) is 10.4. The number of rotatable bonds is 4. The second kappa shape index (κ2) is 6.80. The number of imidazole rings is 1. The number of hydrogen-bond acceptors (Lipinski definition) is 6. The van der Waals surface area contributed by atoms with Crippen molar-refractivity contribution < 1.29 is 4.74 Å². The monoisotopic (exact) mass is 304 g/mol. The first-order valence-corrected chi connectivity index (χ1v) is 6.53. The summed E-state index contributed by atoms with van der Waals surface area (Å²) in [4.78, 5) is 4.17. The highest BCUT2D eigenvalue weighted by Gasteiger charge is 2.10. The van der Waals surface area contributed by atoms with Gasteiger partial charge >= 0.3 is 0 Å². The summed E-state index contributed by atoms with van der Waals surface area (Å²) in [5.74, 6) is 0.556. The van der Waals surface area contributed by atoms with Gasteiger partial charge in [0.1, 0.15) is 29.7 Å². The number of methoxy groups -OCH3 is 1. The molecule has 0 aliphatic heterocycles. The zero-order valence-corrected chi connectivity index (χ0v) is 12.5. The summed E-state index contributed by atoms with van der Waals surface area (Å²) >= 11 is 0. The van der Waals surface area contributed by atoms with Gasteiger partial charge in [0.2, 0.25) is 0 Å². The van der Waals surface area contributed by atoms with Crippen molar-refractivity contribution in [1.29, 1.82) is 15.8 Å². The van der Waals surface area contributed by atoms with Crippen LogP contribution in [0.4, 0.5) is 5.69 Å². The standard InChI is InChI=1S/C16H12N6O/c1-11-9-22(10-20-11)15-4-3-13(5-16(15)23-2)21-14(8-19)12(6-17)7-18/h3-5,9-10,21H,1-2H3. The van der Waals surface area contributed by atoms with Gasteiger partial charge in [-0.05, 0) is 19.1 Å². The molecule has 0 spiro atoms. The lowest BCUT2D eigenvalue weighted by atomic mass is 10.2. The maximum atomic E-state index is 9.07. The van der Waals surface area contributed by atoms with Crippen LogP contribution in [-0.2, 0) is 0 Å². The van der Waals surface area contributed by atoms with E-state index in [1.165, 1.54) is 7.11 Å². The fraction of sp³-hybridized carbons (Fsp3) is 0.125. The Morgan fingerprint density at radius 2 is 1.96 bits per heavy atom. The maximum Gasteiger partial charge on any atom is 0.163 e. The Hall–Kier alpha value is -3.76. The topological polar surface area (TPSA) is 110 Å². The van der Waals surface area contributed by atoms with Crippen LogP contribution in [0.3, 0.4) is 0 Å². The summed E-state index contributed by atoms with van der Waals surface area (Å²) in [6.07, 6.45) is 3.53. The number of nitrogens with one attached hydrogen (secondary N) is 1. The summed E-state index contributed by atoms with van der Waals surface area (Å²) in [5.41, 5.74) is 1.80. The third-order valence-electron chi connectivity index (χ3n) is 3.02. The lowest BCUT2D eigenvalue weighted by Crippen LogP contribution is -2.02. The molecule has 1 heterocycles. The van der Waals surface area contributed by atoms with Crippen molar-refractivity contribution in [3.8, 4) is 29.6 Å². The molecule has 0 radical (unpaired) electrons. The molecule has 2 rings (SSSR count). The van der Waals surface area contributed by atoms with Crippen molar-refractivity contribution in [2.45, 2.75) is 6.92 Å². The quantitative estimate of drug-likeness (QED) is 0.868. The highest BCUT2D eigenvalue weighted by Crippen LogP contribution is 2.27. The molecule has 0 aliphatic rings. The first kappa shape index (κ1) is 15.6. The molecule has 2 aromatic rings. The highest BCUT2D eigenvalue weighted by atomic mass is 16.5. The molecule has 0 saturated heterocycles. The number of ether oxygens (including phenoxy) is 1. The van der Waals surface area contributed by atoms with Crippen LogP contribution in [0, 0.1) is 40.9 Å². The molecule has 1 aromatic heterocycles. The SMILES string of the molecule is COc1cc(NC(C#N)=C(C#N)C#N)ccc1-n1cnc(C)c1. The van der Waals surface area contributed by atoms with Gasteiger partial charge in [-0.2, -0.15) is 15.8 Å². The zero-order chi connectivity index (χ0) is 16.8. The van der Waals surface area contributed by atoms with E-state index in [0.29, 0.717) is 11.4 Å². The van der Waals surface area contributed by atoms with Crippen molar-refractivity contribution in [2.75, 3.05) is 12.4 Å². The minimum absolute atomic E-state index is 0.108. The van der Waals surface area contributed by atoms with Crippen LogP contribution in [0.5, 0.6) is 5.75 Å². The number of allylic oxidation sites excluding steroid dienone is 2. The summed E-state index contributed by atoms with van der Waals surface area (Å²) in [7, 11) is 1.53. The van der Waals surface area contributed by atoms with Gasteiger partial charge in [-0.1, -0.05) is 0 Å². The summed E-state index contributed by atoms with van der Waals surface area (Å²) < 4.78 is 7.17. The van der Waals surface area contributed by atoms with Crippen molar-refractivity contribution in [2.24, 2.45) is 0 Å². The lowest BCUT2D eigenvalue weighted by molar-refractivity contribution is 0.413. The normalized spacial score (nSPS) is 9.17. The van der Waals surface area contributed by atoms with E-state index < -0.39 is 0 Å². The molecule has 0 bridgehead atoms. The van der Waals surface area contributed by atoms with E-state index in [4.69, 9.17) is 20.5 Å². The van der Waals surface area contributed by atoms with Gasteiger partial charge in [0.05, 0.1) is 24.8 Å². The Morgan fingerprint density at radius 3 is 2.48 bits per heavy atom. The Morgan fingerprint density at radius 1 is 1.22 bits per heavy atom. The molecule has 1 aromatic carbocycles. The Kier molecular flexibility index (Phi) is 4.62. The predicted octanol–water partition coefficient (Wildman–Crippen LogP) is 2.43. The van der Waals surface area contributed by atoms with E-state index in [-0.39, 0.29) is 11.3 Å². The summed E-state index contributed by atoms with van der Waals surface area (Å²) in [6.45, 7) is 1.88. The summed E-state index contributed by atoms with van der Waals surface area (Å²) in [5, 5.41) is 29.5. The first-order chi connectivity index (χ1) is 11.1. The van der Waals surface area contributed by atoms with Gasteiger partial charge in [0.15, 0.2) is 5.57 Å². The fourth-order valence-electron chi connectivity index (χ4n) is 1.95. The molecule has 0 aliphatic carbocycles. The van der Waals surface area contributed by atoms with Gasteiger partial charge in [-0.3, -0.25) is 0 Å². The van der Waals surface area contributed by atoms with Crippen molar-refractivity contribution in [1.82, 2.24) is 9.55 Å². The lowest BCUT2D eigenvalue weighted by Gasteiger charge is -2.12. The van der Waals surface area contributed by atoms with Crippen molar-refractivity contribution in [3.05, 3.63) is 47.7 Å². The molecular weight excluding hydrogens is 292 g/mol. The van der Waals surface area contributed by atoms with Crippen LogP contribution < -0.4 is 10.1 Å². The molecule has 0 fully saturated rings. The van der Waals surface area contributed by atoms with Crippen LogP contribution in [0.15, 0.2) is 42.0 Å². The Bertz CT molecular complexity index is 873. The number of aromatic nitrogens is 2. The molecule has 23 heavy (non-hydrogen) atoms. The van der Waals surface area contributed by atoms with E-state index in [0.717, 1.165) is 11.4 Å². The van der Waals surface area contributed by atoms with Crippen molar-refractivity contribution in [3.63, 3.8) is 0 Å². The number of nitriles is 3. The number of aryl methyl sites for hydroxylation is 1. The molecule has 0 unspecified atom stereocenters. The molecule has 7 nitrogen and oxygen atoms in total. The van der Waals surface area contributed by atoms with Crippen molar-refractivity contribution >= 4 is 5.69 Å². The molecule has 0 amide bonds. The van der Waals surface area contributed by atoms with Gasteiger partial charge in [0.25, 0.3) is 0 Å². The Balaban J connectivity index is 2.41. The van der Waals surface area contributed by atoms with Gasteiger partial charge in [-0.25, -0.2) is 4.98 Å². The highest BCUT2D eigenvalue weighted by molar-refractivity contribution is 5.63. The number of anilines is 1. The Labute approximate surface area is 133 Å². The van der Waals surface area contributed by atoms with Crippen LogP contribution in [0.2, 0.25) is 0 Å². The van der Waals surface area contributed by atoms with Crippen LogP contribution in [0.25, 0.3) is 5.69 Å². The van der Waals surface area contributed by atoms with Crippen LogP contribution in [0.1, 0.15) is 5.69 Å². The number of nitrogens with zero attached hydrogens (tertiary/aromatic N) is 5. The molecular formula is C16H12N6O.